The molecule has 4 rings (SSSR count). The number of anilines is 2. The van der Waals surface area contributed by atoms with E-state index in [2.05, 4.69) is 31.2 Å². The minimum absolute atomic E-state index is 0.00513. The third kappa shape index (κ3) is 3.64. The Kier molecular flexibility index (Phi) is 4.88. The highest BCUT2D eigenvalue weighted by atomic mass is 79.9. The van der Waals surface area contributed by atoms with E-state index < -0.39 is 5.60 Å². The molecule has 4 heterocycles. The molecule has 1 aliphatic heterocycles. The zero-order valence-corrected chi connectivity index (χ0v) is 17.4. The van der Waals surface area contributed by atoms with Crippen LogP contribution in [0.25, 0.3) is 5.65 Å². The fourth-order valence-electron chi connectivity index (χ4n) is 3.77. The van der Waals surface area contributed by atoms with Crippen molar-refractivity contribution in [2.75, 3.05) is 16.8 Å². The molecule has 3 aromatic rings. The van der Waals surface area contributed by atoms with Gasteiger partial charge in [-0.25, -0.2) is 4.98 Å². The van der Waals surface area contributed by atoms with Crippen molar-refractivity contribution in [3.8, 4) is 0 Å². The highest BCUT2D eigenvalue weighted by Crippen LogP contribution is 2.33. The van der Waals surface area contributed by atoms with E-state index in [0.717, 1.165) is 45.8 Å². The van der Waals surface area contributed by atoms with E-state index in [1.54, 1.807) is 16.8 Å². The second kappa shape index (κ2) is 7.21. The van der Waals surface area contributed by atoms with Gasteiger partial charge in [-0.15, -0.1) is 0 Å². The maximum Gasteiger partial charge on any atom is 0.185 e. The molecule has 2 N–H and O–H groups in total. The van der Waals surface area contributed by atoms with Crippen molar-refractivity contribution in [1.82, 2.24) is 14.6 Å². The summed E-state index contributed by atoms with van der Waals surface area (Å²) < 4.78 is 3.32. The molecule has 0 amide bonds. The first-order valence-electron chi connectivity index (χ1n) is 9.28. The van der Waals surface area contributed by atoms with Gasteiger partial charge in [0.2, 0.25) is 0 Å². The molecule has 8 nitrogen and oxygen atoms in total. The SMILES string of the molecule is CC(C)(O)[C@@H]1CCCN1c1cc(NCc2ccc[n+]([O-])c2)n2ncc(Br)c2n1. The number of nitrogens with one attached hydrogen (secondary N) is 1. The molecule has 1 atom stereocenters. The van der Waals surface area contributed by atoms with Crippen LogP contribution in [0.15, 0.2) is 41.3 Å². The van der Waals surface area contributed by atoms with Crippen molar-refractivity contribution in [3.63, 3.8) is 0 Å². The van der Waals surface area contributed by atoms with E-state index in [0.29, 0.717) is 12.2 Å². The molecule has 1 fully saturated rings. The minimum Gasteiger partial charge on any atom is -0.619 e. The number of halogens is 1. The van der Waals surface area contributed by atoms with Gasteiger partial charge in [0.15, 0.2) is 18.0 Å². The summed E-state index contributed by atoms with van der Waals surface area (Å²) in [6, 6.07) is 5.57. The molecular formula is C19H23BrN6O2. The van der Waals surface area contributed by atoms with Gasteiger partial charge in [0.1, 0.15) is 11.6 Å². The van der Waals surface area contributed by atoms with Crippen molar-refractivity contribution in [1.29, 1.82) is 0 Å². The smallest absolute Gasteiger partial charge is 0.185 e. The molecule has 9 heteroatoms. The van der Waals surface area contributed by atoms with Crippen molar-refractivity contribution in [2.24, 2.45) is 0 Å². The third-order valence-electron chi connectivity index (χ3n) is 5.09. The number of pyridine rings is 1. The van der Waals surface area contributed by atoms with Gasteiger partial charge in [-0.2, -0.15) is 14.3 Å². The fourth-order valence-corrected chi connectivity index (χ4v) is 4.12. The largest absolute Gasteiger partial charge is 0.619 e. The summed E-state index contributed by atoms with van der Waals surface area (Å²) in [5, 5.41) is 29.8. The lowest BCUT2D eigenvalue weighted by Gasteiger charge is -2.34. The van der Waals surface area contributed by atoms with Crippen LogP contribution in [0.4, 0.5) is 11.6 Å². The molecule has 0 aromatic carbocycles. The molecule has 28 heavy (non-hydrogen) atoms. The van der Waals surface area contributed by atoms with Crippen molar-refractivity contribution in [3.05, 3.63) is 52.0 Å². The normalized spacial score (nSPS) is 17.4. The Morgan fingerprint density at radius 3 is 3.04 bits per heavy atom. The Hall–Kier alpha value is -2.39. The maximum absolute atomic E-state index is 11.5. The Morgan fingerprint density at radius 2 is 2.29 bits per heavy atom. The molecule has 0 radical (unpaired) electrons. The van der Waals surface area contributed by atoms with Gasteiger partial charge in [0.25, 0.3) is 0 Å². The number of nitrogens with zero attached hydrogens (tertiary/aromatic N) is 5. The maximum atomic E-state index is 11.5. The molecule has 1 aliphatic rings. The van der Waals surface area contributed by atoms with Crippen LogP contribution in [0.3, 0.4) is 0 Å². The summed E-state index contributed by atoms with van der Waals surface area (Å²) in [4.78, 5) is 6.95. The van der Waals surface area contributed by atoms with E-state index in [-0.39, 0.29) is 6.04 Å². The number of aromatic nitrogens is 4. The van der Waals surface area contributed by atoms with Crippen molar-refractivity contribution >= 4 is 33.2 Å². The van der Waals surface area contributed by atoms with Gasteiger partial charge in [0.05, 0.1) is 22.3 Å². The first-order valence-corrected chi connectivity index (χ1v) is 10.1. The van der Waals surface area contributed by atoms with Gasteiger partial charge >= 0.3 is 0 Å². The molecule has 148 valence electrons. The molecule has 1 saturated heterocycles. The summed E-state index contributed by atoms with van der Waals surface area (Å²) in [5.74, 6) is 1.57. The molecule has 0 bridgehead atoms. The second-order valence-corrected chi connectivity index (χ2v) is 8.51. The Labute approximate surface area is 171 Å². The molecule has 0 unspecified atom stereocenters. The lowest BCUT2D eigenvalue weighted by Crippen LogP contribution is -2.46. The quantitative estimate of drug-likeness (QED) is 0.461. The summed E-state index contributed by atoms with van der Waals surface area (Å²) >= 11 is 3.52. The highest BCUT2D eigenvalue weighted by Gasteiger charge is 2.37. The van der Waals surface area contributed by atoms with Crippen molar-refractivity contribution < 1.29 is 9.84 Å². The summed E-state index contributed by atoms with van der Waals surface area (Å²) in [6.07, 6.45) is 6.64. The van der Waals surface area contributed by atoms with Gasteiger partial charge in [0, 0.05) is 30.8 Å². The monoisotopic (exact) mass is 446 g/mol. The van der Waals surface area contributed by atoms with Crippen LogP contribution in [-0.4, -0.2) is 37.9 Å². The molecule has 0 aliphatic carbocycles. The van der Waals surface area contributed by atoms with E-state index in [9.17, 15) is 10.3 Å². The summed E-state index contributed by atoms with van der Waals surface area (Å²) in [5.41, 5.74) is 0.750. The van der Waals surface area contributed by atoms with Crippen LogP contribution in [0, 0.1) is 5.21 Å². The first kappa shape index (κ1) is 18.9. The van der Waals surface area contributed by atoms with E-state index in [1.165, 1.54) is 12.4 Å². The number of rotatable bonds is 5. The average molecular weight is 447 g/mol. The highest BCUT2D eigenvalue weighted by molar-refractivity contribution is 9.10. The lowest BCUT2D eigenvalue weighted by atomic mass is 9.97. The van der Waals surface area contributed by atoms with Crippen LogP contribution >= 0.6 is 15.9 Å². The summed E-state index contributed by atoms with van der Waals surface area (Å²) in [7, 11) is 0. The third-order valence-corrected chi connectivity index (χ3v) is 5.65. The van der Waals surface area contributed by atoms with Gasteiger partial charge in [-0.3, -0.25) is 0 Å². The lowest BCUT2D eigenvalue weighted by molar-refractivity contribution is -0.605. The fraction of sp³-hybridized carbons (Fsp3) is 0.421. The van der Waals surface area contributed by atoms with Crippen molar-refractivity contribution in [2.45, 2.75) is 44.9 Å². The predicted molar refractivity (Wildman–Crippen MR) is 110 cm³/mol. The predicted octanol–water partition coefficient (Wildman–Crippen LogP) is 2.48. The Bertz CT molecular complexity index is 1000. The number of aliphatic hydroxyl groups is 1. The standard InChI is InChI=1S/C19H23BrN6O2/c1-19(2,27)15-6-4-8-25(15)17-9-16(26-18(23-17)14(20)11-22-26)21-10-13-5-3-7-24(28)12-13/h3,5,7,9,11-12,15,21,27H,4,6,8,10H2,1-2H3/t15-/m0/s1. The number of hydrogen-bond acceptors (Lipinski definition) is 6. The van der Waals surface area contributed by atoms with Gasteiger partial charge in [-0.05, 0) is 48.7 Å². The van der Waals surface area contributed by atoms with Crippen LogP contribution in [0.1, 0.15) is 32.3 Å². The van der Waals surface area contributed by atoms with E-state index in [1.807, 2.05) is 26.0 Å². The van der Waals surface area contributed by atoms with E-state index in [4.69, 9.17) is 4.98 Å². The first-order chi connectivity index (χ1) is 13.3. The van der Waals surface area contributed by atoms with Crippen LogP contribution < -0.4 is 14.9 Å². The Balaban J connectivity index is 1.70. The second-order valence-electron chi connectivity index (χ2n) is 7.66. The molecule has 0 spiro atoms. The molecule has 3 aromatic heterocycles. The van der Waals surface area contributed by atoms with Gasteiger partial charge in [-0.1, -0.05) is 0 Å². The zero-order valence-electron chi connectivity index (χ0n) is 15.8. The number of fused-ring (bicyclic) bond motifs is 1. The van der Waals surface area contributed by atoms with Crippen LogP contribution in [0.5, 0.6) is 0 Å². The van der Waals surface area contributed by atoms with Crippen LogP contribution in [-0.2, 0) is 6.54 Å². The Morgan fingerprint density at radius 1 is 1.46 bits per heavy atom. The number of hydrogen-bond donors (Lipinski definition) is 2. The molecular weight excluding hydrogens is 424 g/mol. The minimum atomic E-state index is -0.818. The van der Waals surface area contributed by atoms with Crippen LogP contribution in [0.2, 0.25) is 0 Å². The average Bonchev–Trinajstić information content (AvgIpc) is 3.27. The van der Waals surface area contributed by atoms with E-state index >= 15 is 0 Å². The topological polar surface area (TPSA) is 92.6 Å². The zero-order chi connectivity index (χ0) is 19.9. The summed E-state index contributed by atoms with van der Waals surface area (Å²) in [6.45, 7) is 5.01. The van der Waals surface area contributed by atoms with Gasteiger partial charge < -0.3 is 20.5 Å². The molecule has 0 saturated carbocycles.